The number of benzene rings is 1. The molecule has 19 heavy (non-hydrogen) atoms. The first kappa shape index (κ1) is 15.1. The van der Waals surface area contributed by atoms with Crippen molar-refractivity contribution in [1.82, 2.24) is 0 Å². The van der Waals surface area contributed by atoms with Gasteiger partial charge in [-0.1, -0.05) is 0 Å². The summed E-state index contributed by atoms with van der Waals surface area (Å²) in [6.45, 7) is 5.54. The van der Waals surface area contributed by atoms with Crippen LogP contribution in [0.5, 0.6) is 11.5 Å². The molecule has 0 bridgehead atoms. The third kappa shape index (κ3) is 5.07. The number of anilines is 1. The molecule has 0 spiro atoms. The lowest BCUT2D eigenvalue weighted by molar-refractivity contribution is -0.140. The van der Waals surface area contributed by atoms with Crippen LogP contribution in [-0.4, -0.2) is 32.8 Å². The normalized spacial score (nSPS) is 9.84. The number of methoxy groups -OCH3 is 1. The number of carbonyl (C=O) groups excluding carboxylic acids is 1. The van der Waals surface area contributed by atoms with Gasteiger partial charge in [0.2, 0.25) is 0 Å². The Hall–Kier alpha value is -1.91. The minimum Gasteiger partial charge on any atom is -0.490 e. The fourth-order valence-electron chi connectivity index (χ4n) is 1.57. The maximum Gasteiger partial charge on any atom is 0.307 e. The van der Waals surface area contributed by atoms with Crippen molar-refractivity contribution in [2.24, 2.45) is 0 Å². The molecule has 1 N–H and O–H groups in total. The molecule has 1 rings (SSSR count). The highest BCUT2D eigenvalue weighted by atomic mass is 16.5. The monoisotopic (exact) mass is 267 g/mol. The maximum atomic E-state index is 11.0. The Labute approximate surface area is 113 Å². The van der Waals surface area contributed by atoms with Gasteiger partial charge in [0.15, 0.2) is 11.5 Å². The van der Waals surface area contributed by atoms with Crippen LogP contribution in [0.4, 0.5) is 5.69 Å². The van der Waals surface area contributed by atoms with E-state index in [1.807, 2.05) is 32.0 Å². The molecule has 0 radical (unpaired) electrons. The number of esters is 1. The van der Waals surface area contributed by atoms with Gasteiger partial charge in [0.05, 0.1) is 26.7 Å². The summed E-state index contributed by atoms with van der Waals surface area (Å²) in [4.78, 5) is 11.0. The molecule has 5 heteroatoms. The van der Waals surface area contributed by atoms with Gasteiger partial charge in [-0.15, -0.1) is 0 Å². The Morgan fingerprint density at radius 1 is 1.16 bits per heavy atom. The molecule has 1 aromatic rings. The van der Waals surface area contributed by atoms with Gasteiger partial charge in [0, 0.05) is 18.3 Å². The number of rotatable bonds is 8. The molecule has 0 aliphatic heterocycles. The minimum absolute atomic E-state index is 0.233. The summed E-state index contributed by atoms with van der Waals surface area (Å²) in [6.07, 6.45) is 0.327. The molecule has 0 aliphatic rings. The molecule has 0 saturated carbocycles. The summed E-state index contributed by atoms with van der Waals surface area (Å²) in [7, 11) is 1.38. The number of carbonyl (C=O) groups is 1. The van der Waals surface area contributed by atoms with Crippen LogP contribution in [0.3, 0.4) is 0 Å². The van der Waals surface area contributed by atoms with E-state index in [4.69, 9.17) is 9.47 Å². The van der Waals surface area contributed by atoms with Crippen LogP contribution in [0.2, 0.25) is 0 Å². The van der Waals surface area contributed by atoms with E-state index < -0.39 is 0 Å². The standard InChI is InChI=1S/C14H21NO4/c1-4-18-12-7-6-11(10-13(12)19-5-2)15-9-8-14(16)17-3/h6-7,10,15H,4-5,8-9H2,1-3H3. The summed E-state index contributed by atoms with van der Waals surface area (Å²) in [5, 5.41) is 3.14. The highest BCUT2D eigenvalue weighted by Crippen LogP contribution is 2.30. The summed E-state index contributed by atoms with van der Waals surface area (Å²) in [5.74, 6) is 1.19. The van der Waals surface area contributed by atoms with Crippen molar-refractivity contribution in [3.05, 3.63) is 18.2 Å². The lowest BCUT2D eigenvalue weighted by Gasteiger charge is -2.13. The third-order valence-electron chi connectivity index (χ3n) is 2.43. The third-order valence-corrected chi connectivity index (χ3v) is 2.43. The molecular formula is C14H21NO4. The zero-order chi connectivity index (χ0) is 14.1. The summed E-state index contributed by atoms with van der Waals surface area (Å²) in [5.41, 5.74) is 0.885. The van der Waals surface area contributed by atoms with Gasteiger partial charge in [-0.25, -0.2) is 0 Å². The van der Waals surface area contributed by atoms with E-state index in [2.05, 4.69) is 10.1 Å². The first-order valence-electron chi connectivity index (χ1n) is 6.41. The van der Waals surface area contributed by atoms with Crippen LogP contribution < -0.4 is 14.8 Å². The Bertz CT molecular complexity index is 406. The van der Waals surface area contributed by atoms with E-state index in [1.54, 1.807) is 0 Å². The van der Waals surface area contributed by atoms with Crippen molar-refractivity contribution in [3.63, 3.8) is 0 Å². The molecule has 5 nitrogen and oxygen atoms in total. The largest absolute Gasteiger partial charge is 0.490 e. The second-order valence-corrected chi connectivity index (χ2v) is 3.78. The van der Waals surface area contributed by atoms with Crippen molar-refractivity contribution < 1.29 is 19.0 Å². The average molecular weight is 267 g/mol. The predicted molar refractivity (Wildman–Crippen MR) is 73.9 cm³/mol. The van der Waals surface area contributed by atoms with Crippen LogP contribution in [-0.2, 0) is 9.53 Å². The molecule has 0 unspecified atom stereocenters. The van der Waals surface area contributed by atoms with E-state index in [-0.39, 0.29) is 5.97 Å². The fourth-order valence-corrected chi connectivity index (χ4v) is 1.57. The molecular weight excluding hydrogens is 246 g/mol. The van der Waals surface area contributed by atoms with Crippen LogP contribution in [0, 0.1) is 0 Å². The Morgan fingerprint density at radius 3 is 2.47 bits per heavy atom. The van der Waals surface area contributed by atoms with E-state index in [1.165, 1.54) is 7.11 Å². The second kappa shape index (κ2) is 8.24. The highest BCUT2D eigenvalue weighted by molar-refractivity contribution is 5.70. The number of nitrogens with one attached hydrogen (secondary N) is 1. The van der Waals surface area contributed by atoms with E-state index in [0.29, 0.717) is 31.9 Å². The summed E-state index contributed by atoms with van der Waals surface area (Å²) >= 11 is 0. The van der Waals surface area contributed by atoms with Crippen LogP contribution in [0.1, 0.15) is 20.3 Å². The predicted octanol–water partition coefficient (Wildman–Crippen LogP) is 2.46. The number of hydrogen-bond acceptors (Lipinski definition) is 5. The Kier molecular flexibility index (Phi) is 6.57. The molecule has 0 heterocycles. The van der Waals surface area contributed by atoms with Gasteiger partial charge < -0.3 is 19.5 Å². The molecule has 106 valence electrons. The smallest absolute Gasteiger partial charge is 0.307 e. The van der Waals surface area contributed by atoms with Crippen molar-refractivity contribution >= 4 is 11.7 Å². The van der Waals surface area contributed by atoms with Crippen molar-refractivity contribution in [3.8, 4) is 11.5 Å². The molecule has 0 amide bonds. The van der Waals surface area contributed by atoms with Gasteiger partial charge in [-0.05, 0) is 26.0 Å². The highest BCUT2D eigenvalue weighted by Gasteiger charge is 2.06. The lowest BCUT2D eigenvalue weighted by Crippen LogP contribution is -2.09. The van der Waals surface area contributed by atoms with Gasteiger partial charge in [-0.2, -0.15) is 0 Å². The van der Waals surface area contributed by atoms with Gasteiger partial charge >= 0.3 is 5.97 Å². The van der Waals surface area contributed by atoms with Crippen molar-refractivity contribution in [2.75, 3.05) is 32.2 Å². The molecule has 0 atom stereocenters. The van der Waals surface area contributed by atoms with Crippen LogP contribution >= 0.6 is 0 Å². The molecule has 1 aromatic carbocycles. The molecule has 0 aromatic heterocycles. The first-order valence-corrected chi connectivity index (χ1v) is 6.41. The average Bonchev–Trinajstić information content (AvgIpc) is 2.42. The van der Waals surface area contributed by atoms with Crippen molar-refractivity contribution in [2.45, 2.75) is 20.3 Å². The van der Waals surface area contributed by atoms with Crippen molar-refractivity contribution in [1.29, 1.82) is 0 Å². The first-order chi connectivity index (χ1) is 9.21. The van der Waals surface area contributed by atoms with Gasteiger partial charge in [0.1, 0.15) is 0 Å². The van der Waals surface area contributed by atoms with E-state index in [9.17, 15) is 4.79 Å². The summed E-state index contributed by atoms with van der Waals surface area (Å²) in [6, 6.07) is 5.62. The van der Waals surface area contributed by atoms with Gasteiger partial charge in [-0.3, -0.25) is 4.79 Å². The SMILES string of the molecule is CCOc1ccc(NCCC(=O)OC)cc1OCC. The fraction of sp³-hybridized carbons (Fsp3) is 0.500. The Balaban J connectivity index is 2.63. The number of ether oxygens (including phenoxy) is 3. The molecule has 0 aliphatic carbocycles. The zero-order valence-electron chi connectivity index (χ0n) is 11.7. The molecule has 0 fully saturated rings. The van der Waals surface area contributed by atoms with E-state index >= 15 is 0 Å². The maximum absolute atomic E-state index is 11.0. The number of hydrogen-bond donors (Lipinski definition) is 1. The lowest BCUT2D eigenvalue weighted by atomic mass is 10.2. The Morgan fingerprint density at radius 2 is 1.84 bits per heavy atom. The minimum atomic E-state index is -0.233. The topological polar surface area (TPSA) is 56.8 Å². The zero-order valence-corrected chi connectivity index (χ0v) is 11.7. The van der Waals surface area contributed by atoms with E-state index in [0.717, 1.165) is 11.4 Å². The quantitative estimate of drug-likeness (QED) is 0.733. The van der Waals surface area contributed by atoms with Crippen LogP contribution in [0.25, 0.3) is 0 Å². The second-order valence-electron chi connectivity index (χ2n) is 3.78. The molecule has 0 saturated heterocycles. The summed E-state index contributed by atoms with van der Waals surface area (Å²) < 4.78 is 15.6. The van der Waals surface area contributed by atoms with Gasteiger partial charge in [0.25, 0.3) is 0 Å². The van der Waals surface area contributed by atoms with Crippen LogP contribution in [0.15, 0.2) is 18.2 Å².